The minimum absolute atomic E-state index is 0. The van der Waals surface area contributed by atoms with Gasteiger partial charge in [0.1, 0.15) is 11.5 Å². The van der Waals surface area contributed by atoms with E-state index in [1.807, 2.05) is 0 Å². The van der Waals surface area contributed by atoms with E-state index >= 15 is 0 Å². The second-order valence-corrected chi connectivity index (χ2v) is 9.09. The zero-order valence-corrected chi connectivity index (χ0v) is 17.6. The van der Waals surface area contributed by atoms with Gasteiger partial charge < -0.3 is 10.4 Å². The van der Waals surface area contributed by atoms with Crippen LogP contribution in [0.15, 0.2) is 48.5 Å². The number of nitrogens with one attached hydrogen (secondary N) is 1. The first-order chi connectivity index (χ1) is 13.5. The van der Waals surface area contributed by atoms with Crippen molar-refractivity contribution >= 4 is 40.4 Å². The Morgan fingerprint density at radius 2 is 1.66 bits per heavy atom. The SMILES string of the molecule is Cl.O[C@@H](CCN1c2ccccc2N(c2ccccc2F)S1(O)O)CNC1CCC1. The summed E-state index contributed by atoms with van der Waals surface area (Å²) < 4.78 is 39.2. The molecule has 4 rings (SSSR count). The molecule has 9 heteroatoms. The maximum Gasteiger partial charge on any atom is 0.148 e. The van der Waals surface area contributed by atoms with Gasteiger partial charge in [-0.15, -0.1) is 12.4 Å². The lowest BCUT2D eigenvalue weighted by atomic mass is 9.93. The van der Waals surface area contributed by atoms with Gasteiger partial charge in [0.25, 0.3) is 0 Å². The Labute approximate surface area is 178 Å². The van der Waals surface area contributed by atoms with Gasteiger partial charge in [0.2, 0.25) is 0 Å². The molecule has 1 fully saturated rings. The van der Waals surface area contributed by atoms with Crippen LogP contribution in [0.5, 0.6) is 0 Å². The van der Waals surface area contributed by atoms with Crippen molar-refractivity contribution in [1.29, 1.82) is 0 Å². The summed E-state index contributed by atoms with van der Waals surface area (Å²) in [6.07, 6.45) is 3.29. The van der Waals surface area contributed by atoms with E-state index in [0.717, 1.165) is 12.8 Å². The predicted octanol–water partition coefficient (Wildman–Crippen LogP) is 4.68. The quantitative estimate of drug-likeness (QED) is 0.497. The molecule has 2 aromatic rings. The monoisotopic (exact) mass is 443 g/mol. The van der Waals surface area contributed by atoms with E-state index < -0.39 is 22.9 Å². The first-order valence-electron chi connectivity index (χ1n) is 9.59. The second-order valence-electron chi connectivity index (χ2n) is 7.31. The first kappa shape index (κ1) is 22.1. The number of aliphatic hydroxyl groups excluding tert-OH is 1. The Bertz CT molecular complexity index is 840. The average molecular weight is 444 g/mol. The fraction of sp³-hybridized carbons (Fsp3) is 0.400. The molecule has 1 atom stereocenters. The third-order valence-corrected chi connectivity index (χ3v) is 7.25. The van der Waals surface area contributed by atoms with Crippen LogP contribution in [-0.2, 0) is 0 Å². The van der Waals surface area contributed by atoms with Crippen molar-refractivity contribution in [3.63, 3.8) is 0 Å². The number of fused-ring (bicyclic) bond motifs is 1. The fourth-order valence-electron chi connectivity index (χ4n) is 3.61. The smallest absolute Gasteiger partial charge is 0.148 e. The van der Waals surface area contributed by atoms with Crippen molar-refractivity contribution in [3.05, 3.63) is 54.3 Å². The zero-order chi connectivity index (χ0) is 19.7. The number of aliphatic hydroxyl groups is 1. The van der Waals surface area contributed by atoms with Crippen LogP contribution in [0, 0.1) is 5.82 Å². The highest BCUT2D eigenvalue weighted by Gasteiger charge is 2.42. The van der Waals surface area contributed by atoms with E-state index in [0.29, 0.717) is 30.4 Å². The molecule has 1 heterocycles. The minimum Gasteiger partial charge on any atom is -0.392 e. The van der Waals surface area contributed by atoms with Gasteiger partial charge in [-0.1, -0.05) is 30.7 Å². The molecule has 0 bridgehead atoms. The highest BCUT2D eigenvalue weighted by Crippen LogP contribution is 2.64. The molecule has 2 aliphatic rings. The molecule has 4 N–H and O–H groups in total. The summed E-state index contributed by atoms with van der Waals surface area (Å²) in [5.74, 6) is -0.524. The molecule has 0 unspecified atom stereocenters. The van der Waals surface area contributed by atoms with E-state index in [1.165, 1.54) is 27.2 Å². The fourth-order valence-corrected chi connectivity index (χ4v) is 5.41. The van der Waals surface area contributed by atoms with Crippen molar-refractivity contribution < 1.29 is 18.6 Å². The Morgan fingerprint density at radius 3 is 2.28 bits per heavy atom. The van der Waals surface area contributed by atoms with Gasteiger partial charge in [-0.05, 0) is 54.5 Å². The molecular weight excluding hydrogens is 417 g/mol. The molecule has 2 aromatic carbocycles. The van der Waals surface area contributed by atoms with Gasteiger partial charge >= 0.3 is 0 Å². The van der Waals surface area contributed by atoms with E-state index in [2.05, 4.69) is 5.32 Å². The van der Waals surface area contributed by atoms with Crippen LogP contribution in [-0.4, -0.2) is 39.4 Å². The maximum atomic E-state index is 14.4. The number of rotatable bonds is 7. The maximum absolute atomic E-state index is 14.4. The van der Waals surface area contributed by atoms with Crippen LogP contribution in [0.1, 0.15) is 25.7 Å². The zero-order valence-electron chi connectivity index (χ0n) is 15.9. The normalized spacial score (nSPS) is 19.9. The van der Waals surface area contributed by atoms with Crippen molar-refractivity contribution in [1.82, 2.24) is 5.32 Å². The number of halogens is 2. The average Bonchev–Trinajstić information content (AvgIpc) is 2.85. The summed E-state index contributed by atoms with van der Waals surface area (Å²) in [7, 11) is -3.49. The number of nitrogens with zero attached hydrogens (tertiary/aromatic N) is 2. The van der Waals surface area contributed by atoms with Gasteiger partial charge in [0, 0.05) is 19.1 Å². The molecule has 0 aromatic heterocycles. The Kier molecular flexibility index (Phi) is 6.93. The first-order valence-corrected chi connectivity index (χ1v) is 11.1. The van der Waals surface area contributed by atoms with Crippen LogP contribution in [0.3, 0.4) is 0 Å². The topological polar surface area (TPSA) is 79.2 Å². The lowest BCUT2D eigenvalue weighted by Gasteiger charge is -2.44. The number of benzene rings is 2. The Hall–Kier alpha value is -1.55. The number of anilines is 3. The van der Waals surface area contributed by atoms with Gasteiger partial charge in [-0.3, -0.25) is 13.4 Å². The largest absolute Gasteiger partial charge is 0.392 e. The lowest BCUT2D eigenvalue weighted by Crippen LogP contribution is -2.41. The molecule has 0 spiro atoms. The Balaban J connectivity index is 0.00000240. The third-order valence-electron chi connectivity index (χ3n) is 5.39. The molecule has 0 saturated heterocycles. The van der Waals surface area contributed by atoms with E-state index in [1.54, 1.807) is 36.4 Å². The third kappa shape index (κ3) is 4.33. The van der Waals surface area contributed by atoms with Crippen LogP contribution in [0.25, 0.3) is 0 Å². The highest BCUT2D eigenvalue weighted by molar-refractivity contribution is 8.27. The summed E-state index contributed by atoms with van der Waals surface area (Å²) in [5.41, 5.74) is 1.27. The molecule has 160 valence electrons. The molecule has 1 aliphatic heterocycles. The molecule has 1 saturated carbocycles. The van der Waals surface area contributed by atoms with E-state index in [-0.39, 0.29) is 24.6 Å². The highest BCUT2D eigenvalue weighted by atomic mass is 35.5. The standard InChI is InChI=1S/C20H26FN3O3S.ClH/c21-17-8-1-2-9-18(17)24-20-11-4-3-10-19(20)23(28(24,26)27)13-12-16(25)14-22-15-6-5-7-15;/h1-4,8-11,15-16,22,25-27H,5-7,12-14H2;1H/t16-;/m0./s1. The number of para-hydroxylation sites is 3. The summed E-state index contributed by atoms with van der Waals surface area (Å²) in [6.45, 7) is 0.730. The van der Waals surface area contributed by atoms with Crippen molar-refractivity contribution in [3.8, 4) is 0 Å². The second kappa shape index (κ2) is 9.07. The van der Waals surface area contributed by atoms with Crippen LogP contribution < -0.4 is 13.9 Å². The number of hydrogen-bond donors (Lipinski definition) is 4. The lowest BCUT2D eigenvalue weighted by molar-refractivity contribution is 0.152. The Morgan fingerprint density at radius 1 is 1.03 bits per heavy atom. The van der Waals surface area contributed by atoms with E-state index in [9.17, 15) is 18.6 Å². The summed E-state index contributed by atoms with van der Waals surface area (Å²) in [6, 6.07) is 13.6. The van der Waals surface area contributed by atoms with Crippen molar-refractivity contribution in [2.75, 3.05) is 21.7 Å². The molecule has 6 nitrogen and oxygen atoms in total. The molecular formula is C20H27ClFN3O3S. The summed E-state index contributed by atoms with van der Waals surface area (Å²) in [5, 5.41) is 13.6. The molecule has 29 heavy (non-hydrogen) atoms. The van der Waals surface area contributed by atoms with Gasteiger partial charge in [0.15, 0.2) is 0 Å². The van der Waals surface area contributed by atoms with Gasteiger partial charge in [-0.25, -0.2) is 8.70 Å². The van der Waals surface area contributed by atoms with Crippen LogP contribution in [0.4, 0.5) is 21.5 Å². The number of hydrogen-bond acceptors (Lipinski definition) is 6. The summed E-state index contributed by atoms with van der Waals surface area (Å²) >= 11 is 0. The van der Waals surface area contributed by atoms with Gasteiger partial charge in [0.05, 0.1) is 17.5 Å². The molecule has 1 aliphatic carbocycles. The molecule has 0 amide bonds. The minimum atomic E-state index is -3.49. The molecule has 0 radical (unpaired) electrons. The van der Waals surface area contributed by atoms with Crippen molar-refractivity contribution in [2.24, 2.45) is 0 Å². The van der Waals surface area contributed by atoms with Crippen LogP contribution >= 0.6 is 23.4 Å². The van der Waals surface area contributed by atoms with Crippen molar-refractivity contribution in [2.45, 2.75) is 37.8 Å². The predicted molar refractivity (Wildman–Crippen MR) is 119 cm³/mol. The summed E-state index contributed by atoms with van der Waals surface area (Å²) in [4.78, 5) is 0. The van der Waals surface area contributed by atoms with Crippen LogP contribution in [0.2, 0.25) is 0 Å². The van der Waals surface area contributed by atoms with E-state index in [4.69, 9.17) is 0 Å². The van der Waals surface area contributed by atoms with Gasteiger partial charge in [-0.2, -0.15) is 0 Å².